The first-order valence-electron chi connectivity index (χ1n) is 10.9. The van der Waals surface area contributed by atoms with Crippen molar-refractivity contribution in [2.45, 2.75) is 64.3 Å². The Hall–Kier alpha value is -2.05. The monoisotopic (exact) mass is 463 g/mol. The number of hydrogen-bond donors (Lipinski definition) is 2. The van der Waals surface area contributed by atoms with E-state index in [2.05, 4.69) is 12.2 Å². The smallest absolute Gasteiger partial charge is 0.329 e. The zero-order valence-electron chi connectivity index (χ0n) is 18.1. The summed E-state index contributed by atoms with van der Waals surface area (Å²) in [5, 5.41) is 13.4. The number of benzene rings is 1. The fourth-order valence-corrected chi connectivity index (χ4v) is 5.26. The molecular formula is C24H30ClNO4S. The number of halogens is 1. The summed E-state index contributed by atoms with van der Waals surface area (Å²) in [6.07, 6.45) is 5.10. The molecular weight excluding hydrogens is 434 g/mol. The molecule has 168 valence electrons. The minimum atomic E-state index is -1.17. The molecule has 1 heterocycles. The molecule has 1 aromatic carbocycles. The highest BCUT2D eigenvalue weighted by Crippen LogP contribution is 2.35. The van der Waals surface area contributed by atoms with Crippen molar-refractivity contribution in [2.24, 2.45) is 5.92 Å². The highest BCUT2D eigenvalue weighted by molar-refractivity contribution is 7.14. The third-order valence-corrected chi connectivity index (χ3v) is 7.65. The second kappa shape index (κ2) is 10.5. The molecule has 1 aliphatic rings. The van der Waals surface area contributed by atoms with Crippen LogP contribution in [0.1, 0.15) is 66.1 Å². The number of carboxylic acid groups (broad SMARTS) is 1. The normalized spacial score (nSPS) is 20.9. The first-order chi connectivity index (χ1) is 14.9. The van der Waals surface area contributed by atoms with Gasteiger partial charge in [0.1, 0.15) is 11.3 Å². The van der Waals surface area contributed by atoms with Gasteiger partial charge in [-0.2, -0.15) is 0 Å². The van der Waals surface area contributed by atoms with E-state index in [1.54, 1.807) is 6.07 Å². The number of aliphatic carboxylic acids is 1. The van der Waals surface area contributed by atoms with Crippen LogP contribution in [-0.4, -0.2) is 29.1 Å². The predicted octanol–water partition coefficient (Wildman–Crippen LogP) is 5.74. The number of ether oxygens (including phenoxy) is 1. The molecule has 0 bridgehead atoms. The lowest BCUT2D eigenvalue weighted by Crippen LogP contribution is -2.56. The maximum absolute atomic E-state index is 13.0. The van der Waals surface area contributed by atoms with Gasteiger partial charge >= 0.3 is 5.97 Å². The summed E-state index contributed by atoms with van der Waals surface area (Å²) in [7, 11) is 0. The lowest BCUT2D eigenvalue weighted by molar-refractivity contribution is -0.146. The maximum atomic E-state index is 13.0. The number of thiophene rings is 1. The van der Waals surface area contributed by atoms with E-state index in [9.17, 15) is 14.7 Å². The van der Waals surface area contributed by atoms with E-state index in [1.165, 1.54) is 11.3 Å². The molecule has 5 nitrogen and oxygen atoms in total. The van der Waals surface area contributed by atoms with Crippen LogP contribution in [0.2, 0.25) is 5.02 Å². The summed E-state index contributed by atoms with van der Waals surface area (Å²) >= 11 is 7.40. The van der Waals surface area contributed by atoms with Crippen molar-refractivity contribution in [3.63, 3.8) is 0 Å². The van der Waals surface area contributed by atoms with Gasteiger partial charge in [-0.25, -0.2) is 4.79 Å². The minimum Gasteiger partial charge on any atom is -0.492 e. The Kier molecular flexibility index (Phi) is 8.00. The van der Waals surface area contributed by atoms with Gasteiger partial charge in [-0.3, -0.25) is 4.79 Å². The van der Waals surface area contributed by atoms with Gasteiger partial charge in [0.2, 0.25) is 0 Å². The minimum absolute atomic E-state index is 0.332. The molecule has 0 saturated heterocycles. The zero-order chi connectivity index (χ0) is 22.4. The molecule has 2 N–H and O–H groups in total. The number of carbonyl (C=O) groups is 2. The van der Waals surface area contributed by atoms with Crippen LogP contribution in [-0.2, 0) is 17.6 Å². The Labute approximate surface area is 192 Å². The number of hydrogen-bond acceptors (Lipinski definition) is 4. The largest absolute Gasteiger partial charge is 0.492 e. The fraction of sp³-hybridized carbons (Fsp3) is 0.500. The van der Waals surface area contributed by atoms with Gasteiger partial charge in [-0.1, -0.05) is 44.0 Å². The van der Waals surface area contributed by atoms with Gasteiger partial charge in [0, 0.05) is 22.4 Å². The Bertz CT molecular complexity index is 918. The number of carbonyl (C=O) groups excluding carboxylic acids is 1. The van der Waals surface area contributed by atoms with E-state index in [0.29, 0.717) is 47.4 Å². The molecule has 1 aliphatic carbocycles. The van der Waals surface area contributed by atoms with Crippen LogP contribution in [0.3, 0.4) is 0 Å². The molecule has 0 aliphatic heterocycles. The maximum Gasteiger partial charge on any atom is 0.329 e. The van der Waals surface area contributed by atoms with E-state index < -0.39 is 11.5 Å². The summed E-state index contributed by atoms with van der Waals surface area (Å²) in [6, 6.07) is 9.40. The third kappa shape index (κ3) is 5.80. The van der Waals surface area contributed by atoms with Crippen molar-refractivity contribution in [1.82, 2.24) is 5.32 Å². The lowest BCUT2D eigenvalue weighted by atomic mass is 9.75. The Morgan fingerprint density at radius 1 is 1.26 bits per heavy atom. The number of rotatable bonds is 9. The van der Waals surface area contributed by atoms with E-state index in [0.717, 1.165) is 36.1 Å². The van der Waals surface area contributed by atoms with Crippen LogP contribution in [0, 0.1) is 5.92 Å². The Morgan fingerprint density at radius 2 is 2.00 bits per heavy atom. The molecule has 1 aromatic heterocycles. The molecule has 1 fully saturated rings. The van der Waals surface area contributed by atoms with Gasteiger partial charge in [0.25, 0.3) is 5.91 Å². The van der Waals surface area contributed by atoms with Crippen LogP contribution < -0.4 is 10.1 Å². The highest BCUT2D eigenvalue weighted by atomic mass is 35.5. The number of aryl methyl sites for hydroxylation is 1. The Morgan fingerprint density at radius 3 is 2.61 bits per heavy atom. The molecule has 2 aromatic rings. The summed E-state index contributed by atoms with van der Waals surface area (Å²) in [4.78, 5) is 26.4. The summed E-state index contributed by atoms with van der Waals surface area (Å²) in [6.45, 7) is 4.62. The van der Waals surface area contributed by atoms with Gasteiger partial charge in [-0.05, 0) is 55.7 Å². The topological polar surface area (TPSA) is 75.6 Å². The molecule has 3 rings (SSSR count). The van der Waals surface area contributed by atoms with Crippen molar-refractivity contribution >= 4 is 34.8 Å². The third-order valence-electron chi connectivity index (χ3n) is 6.15. The number of nitrogens with one attached hydrogen (secondary N) is 1. The molecule has 0 unspecified atom stereocenters. The van der Waals surface area contributed by atoms with Crippen LogP contribution >= 0.6 is 22.9 Å². The SMILES string of the molecule is CCc1sc(C(=O)NC2(C(=O)O)CCC(CC)CC2)cc1OCCc1cccc(Cl)c1. The molecule has 1 amide bonds. The average molecular weight is 464 g/mol. The first kappa shape index (κ1) is 23.6. The Balaban J connectivity index is 1.66. The van der Waals surface area contributed by atoms with Crippen molar-refractivity contribution in [3.8, 4) is 5.75 Å². The lowest BCUT2D eigenvalue weighted by Gasteiger charge is -2.37. The number of carboxylic acids is 1. The second-order valence-corrected chi connectivity index (χ2v) is 9.75. The molecule has 1 saturated carbocycles. The van der Waals surface area contributed by atoms with Crippen molar-refractivity contribution in [2.75, 3.05) is 6.61 Å². The van der Waals surface area contributed by atoms with Gasteiger partial charge in [-0.15, -0.1) is 11.3 Å². The van der Waals surface area contributed by atoms with Crippen molar-refractivity contribution in [1.29, 1.82) is 0 Å². The van der Waals surface area contributed by atoms with E-state index in [1.807, 2.05) is 31.2 Å². The second-order valence-electron chi connectivity index (χ2n) is 8.17. The van der Waals surface area contributed by atoms with E-state index in [4.69, 9.17) is 16.3 Å². The predicted molar refractivity (Wildman–Crippen MR) is 124 cm³/mol. The van der Waals surface area contributed by atoms with Crippen LogP contribution in [0.25, 0.3) is 0 Å². The molecule has 0 spiro atoms. The van der Waals surface area contributed by atoms with Gasteiger partial charge < -0.3 is 15.2 Å². The van der Waals surface area contributed by atoms with Gasteiger partial charge in [0.15, 0.2) is 0 Å². The zero-order valence-corrected chi connectivity index (χ0v) is 19.7. The van der Waals surface area contributed by atoms with Crippen LogP contribution in [0.15, 0.2) is 30.3 Å². The molecule has 0 atom stereocenters. The van der Waals surface area contributed by atoms with Crippen LogP contribution in [0.5, 0.6) is 5.75 Å². The summed E-state index contributed by atoms with van der Waals surface area (Å²) < 4.78 is 5.96. The first-order valence-corrected chi connectivity index (χ1v) is 12.1. The highest BCUT2D eigenvalue weighted by Gasteiger charge is 2.43. The van der Waals surface area contributed by atoms with Crippen molar-refractivity contribution in [3.05, 3.63) is 50.7 Å². The molecule has 0 radical (unpaired) electrons. The average Bonchev–Trinajstić information content (AvgIpc) is 3.17. The van der Waals surface area contributed by atoms with Crippen molar-refractivity contribution < 1.29 is 19.4 Å². The quantitative estimate of drug-likeness (QED) is 0.497. The summed E-state index contributed by atoms with van der Waals surface area (Å²) in [5.41, 5.74) is -0.0861. The summed E-state index contributed by atoms with van der Waals surface area (Å²) in [5.74, 6) is -0.0431. The molecule has 31 heavy (non-hydrogen) atoms. The van der Waals surface area contributed by atoms with E-state index >= 15 is 0 Å². The van der Waals surface area contributed by atoms with Crippen LogP contribution in [0.4, 0.5) is 0 Å². The number of amides is 1. The van der Waals surface area contributed by atoms with Gasteiger partial charge in [0.05, 0.1) is 11.5 Å². The molecule has 7 heteroatoms. The van der Waals surface area contributed by atoms with E-state index in [-0.39, 0.29) is 5.91 Å². The fourth-order valence-electron chi connectivity index (χ4n) is 4.11. The standard InChI is InChI=1S/C24H30ClNO4S/c1-3-16-8-11-24(12-9-16,23(28)29)26-22(27)21-15-19(20(4-2)31-21)30-13-10-17-6-5-7-18(25)14-17/h5-7,14-16H,3-4,8-13H2,1-2H3,(H,26,27)(H,28,29).